The highest BCUT2D eigenvalue weighted by molar-refractivity contribution is 5.98. The van der Waals surface area contributed by atoms with Gasteiger partial charge in [0.25, 0.3) is 5.95 Å². The molecule has 0 saturated heterocycles. The van der Waals surface area contributed by atoms with E-state index < -0.39 is 0 Å². The van der Waals surface area contributed by atoms with E-state index in [4.69, 9.17) is 0 Å². The molecule has 0 spiro atoms. The summed E-state index contributed by atoms with van der Waals surface area (Å²) in [6.45, 7) is 5.65. The van der Waals surface area contributed by atoms with Gasteiger partial charge < -0.3 is 5.32 Å². The molecule has 4 aromatic rings. The quantitative estimate of drug-likeness (QED) is 0.358. The van der Waals surface area contributed by atoms with Crippen molar-refractivity contribution in [2.75, 3.05) is 10.7 Å². The SMILES string of the molecule is CC(=NNc1nc(Nc2ccccc2)nc(-n2nc(C)cc2C)n1)c1ccc(F)cc1. The molecule has 8 nitrogen and oxygen atoms in total. The maximum atomic E-state index is 13.2. The van der Waals surface area contributed by atoms with E-state index in [0.29, 0.717) is 17.6 Å². The number of benzene rings is 2. The number of hydrogen-bond donors (Lipinski definition) is 2. The van der Waals surface area contributed by atoms with E-state index >= 15 is 0 Å². The van der Waals surface area contributed by atoms with E-state index in [9.17, 15) is 4.39 Å². The lowest BCUT2D eigenvalue weighted by Crippen LogP contribution is -2.11. The van der Waals surface area contributed by atoms with Crippen LogP contribution in [0.3, 0.4) is 0 Å². The number of aryl methyl sites for hydroxylation is 2. The molecule has 0 aliphatic carbocycles. The normalized spacial score (nSPS) is 11.4. The molecule has 2 N–H and O–H groups in total. The van der Waals surface area contributed by atoms with Gasteiger partial charge >= 0.3 is 0 Å². The monoisotopic (exact) mass is 416 g/mol. The second-order valence-corrected chi connectivity index (χ2v) is 6.93. The maximum absolute atomic E-state index is 13.2. The van der Waals surface area contributed by atoms with Gasteiger partial charge in [-0.2, -0.15) is 25.2 Å². The van der Waals surface area contributed by atoms with Gasteiger partial charge in [-0.1, -0.05) is 30.3 Å². The third-order valence-electron chi connectivity index (χ3n) is 4.44. The third kappa shape index (κ3) is 4.89. The van der Waals surface area contributed by atoms with Gasteiger partial charge in [0.05, 0.1) is 11.4 Å². The summed E-state index contributed by atoms with van der Waals surface area (Å²) >= 11 is 0. The van der Waals surface area contributed by atoms with Crippen molar-refractivity contribution in [2.45, 2.75) is 20.8 Å². The molecule has 9 heteroatoms. The zero-order valence-electron chi connectivity index (χ0n) is 17.3. The standard InChI is InChI=1S/C22H21FN8/c1-14-13-15(2)31(30-14)22-26-20(24-19-7-5-4-6-8-19)25-21(27-22)29-28-16(3)17-9-11-18(23)12-10-17/h4-13H,1-3H3,(H2,24,25,26,27,29). The molecule has 2 heterocycles. The highest BCUT2D eigenvalue weighted by atomic mass is 19.1. The average molecular weight is 416 g/mol. The number of para-hydroxylation sites is 1. The van der Waals surface area contributed by atoms with Crippen molar-refractivity contribution in [3.05, 3.63) is 83.4 Å². The van der Waals surface area contributed by atoms with Crippen LogP contribution in [-0.2, 0) is 0 Å². The molecule has 0 atom stereocenters. The summed E-state index contributed by atoms with van der Waals surface area (Å²) in [6.07, 6.45) is 0. The minimum atomic E-state index is -0.298. The summed E-state index contributed by atoms with van der Waals surface area (Å²) in [6, 6.07) is 17.6. The molecule has 0 fully saturated rings. The second kappa shape index (κ2) is 8.70. The van der Waals surface area contributed by atoms with Crippen LogP contribution in [0.25, 0.3) is 5.95 Å². The van der Waals surface area contributed by atoms with Crippen molar-refractivity contribution in [1.29, 1.82) is 0 Å². The summed E-state index contributed by atoms with van der Waals surface area (Å²) in [5.41, 5.74) is 6.90. The van der Waals surface area contributed by atoms with Crippen molar-refractivity contribution in [3.8, 4) is 5.95 Å². The van der Waals surface area contributed by atoms with E-state index in [0.717, 1.165) is 22.6 Å². The van der Waals surface area contributed by atoms with Gasteiger partial charge in [-0.25, -0.2) is 14.5 Å². The average Bonchev–Trinajstić information content (AvgIpc) is 3.11. The Hall–Kier alpha value is -4.14. The maximum Gasteiger partial charge on any atom is 0.257 e. The van der Waals surface area contributed by atoms with Crippen molar-refractivity contribution in [2.24, 2.45) is 5.10 Å². The molecule has 0 unspecified atom stereocenters. The lowest BCUT2D eigenvalue weighted by atomic mass is 10.1. The molecular formula is C22H21FN8. The predicted octanol–water partition coefficient (Wildman–Crippen LogP) is 4.39. The molecule has 2 aromatic carbocycles. The fourth-order valence-electron chi connectivity index (χ4n) is 2.94. The molecule has 0 radical (unpaired) electrons. The first-order chi connectivity index (χ1) is 15.0. The lowest BCUT2D eigenvalue weighted by molar-refractivity contribution is 0.628. The number of nitrogens with zero attached hydrogens (tertiary/aromatic N) is 6. The van der Waals surface area contributed by atoms with Crippen LogP contribution in [0.15, 0.2) is 65.8 Å². The van der Waals surface area contributed by atoms with Gasteiger partial charge in [0.15, 0.2) is 0 Å². The highest BCUT2D eigenvalue weighted by Gasteiger charge is 2.12. The minimum Gasteiger partial charge on any atom is -0.324 e. The van der Waals surface area contributed by atoms with Crippen LogP contribution in [0, 0.1) is 19.7 Å². The van der Waals surface area contributed by atoms with Crippen molar-refractivity contribution in [3.63, 3.8) is 0 Å². The molecule has 0 amide bonds. The number of hydrazone groups is 1. The zero-order valence-corrected chi connectivity index (χ0v) is 17.3. The Labute approximate surface area is 178 Å². The van der Waals surface area contributed by atoms with Crippen molar-refractivity contribution in [1.82, 2.24) is 24.7 Å². The fourth-order valence-corrected chi connectivity index (χ4v) is 2.94. The highest BCUT2D eigenvalue weighted by Crippen LogP contribution is 2.17. The summed E-state index contributed by atoms with van der Waals surface area (Å²) in [5.74, 6) is 0.655. The second-order valence-electron chi connectivity index (χ2n) is 6.93. The van der Waals surface area contributed by atoms with Gasteiger partial charge in [0, 0.05) is 11.4 Å². The van der Waals surface area contributed by atoms with Crippen molar-refractivity contribution >= 4 is 23.3 Å². The molecule has 0 saturated carbocycles. The third-order valence-corrected chi connectivity index (χ3v) is 4.44. The molecule has 31 heavy (non-hydrogen) atoms. The van der Waals surface area contributed by atoms with Gasteiger partial charge in [-0.05, 0) is 56.7 Å². The zero-order chi connectivity index (χ0) is 21.8. The Morgan fingerprint density at radius 2 is 1.65 bits per heavy atom. The first-order valence-electron chi connectivity index (χ1n) is 9.66. The molecule has 0 aliphatic heterocycles. The van der Waals surface area contributed by atoms with Gasteiger partial charge in [-0.15, -0.1) is 0 Å². The largest absolute Gasteiger partial charge is 0.324 e. The summed E-state index contributed by atoms with van der Waals surface area (Å²) in [4.78, 5) is 13.4. The van der Waals surface area contributed by atoms with Crippen LogP contribution in [0.5, 0.6) is 0 Å². The van der Waals surface area contributed by atoms with Gasteiger partial charge in [0.1, 0.15) is 5.82 Å². The fraction of sp³-hybridized carbons (Fsp3) is 0.136. The smallest absolute Gasteiger partial charge is 0.257 e. The molecule has 2 aromatic heterocycles. The summed E-state index contributed by atoms with van der Waals surface area (Å²) in [7, 11) is 0. The van der Waals surface area contributed by atoms with Crippen molar-refractivity contribution < 1.29 is 4.39 Å². The molecule has 0 bridgehead atoms. The molecule has 4 rings (SSSR count). The van der Waals surface area contributed by atoms with E-state index in [2.05, 4.69) is 35.9 Å². The number of hydrogen-bond acceptors (Lipinski definition) is 7. The number of aromatic nitrogens is 5. The summed E-state index contributed by atoms with van der Waals surface area (Å²) < 4.78 is 14.8. The van der Waals surface area contributed by atoms with Gasteiger partial charge in [0.2, 0.25) is 11.9 Å². The lowest BCUT2D eigenvalue weighted by Gasteiger charge is -2.10. The molecule has 0 aliphatic rings. The Morgan fingerprint density at radius 1 is 0.935 bits per heavy atom. The first kappa shape index (κ1) is 20.1. The molecular weight excluding hydrogens is 395 g/mol. The van der Waals surface area contributed by atoms with Crippen LogP contribution in [0.1, 0.15) is 23.9 Å². The molecule has 156 valence electrons. The number of anilines is 3. The Morgan fingerprint density at radius 3 is 2.32 bits per heavy atom. The van der Waals surface area contributed by atoms with E-state index in [1.165, 1.54) is 12.1 Å². The van der Waals surface area contributed by atoms with Crippen LogP contribution in [0.4, 0.5) is 22.0 Å². The van der Waals surface area contributed by atoms with E-state index in [1.54, 1.807) is 16.8 Å². The Kier molecular flexibility index (Phi) is 5.65. The van der Waals surface area contributed by atoms with E-state index in [1.807, 2.05) is 57.2 Å². The Balaban J connectivity index is 1.67. The summed E-state index contributed by atoms with van der Waals surface area (Å²) in [5, 5.41) is 12.0. The number of halogens is 1. The van der Waals surface area contributed by atoms with Crippen LogP contribution in [-0.4, -0.2) is 30.4 Å². The topological polar surface area (TPSA) is 92.9 Å². The minimum absolute atomic E-state index is 0.248. The number of rotatable bonds is 6. The Bertz CT molecular complexity index is 1220. The van der Waals surface area contributed by atoms with Crippen LogP contribution < -0.4 is 10.7 Å². The van der Waals surface area contributed by atoms with Crippen LogP contribution >= 0.6 is 0 Å². The predicted molar refractivity (Wildman–Crippen MR) is 118 cm³/mol. The van der Waals surface area contributed by atoms with E-state index in [-0.39, 0.29) is 11.8 Å². The van der Waals surface area contributed by atoms with Gasteiger partial charge in [-0.3, -0.25) is 0 Å². The first-order valence-corrected chi connectivity index (χ1v) is 9.66. The van der Waals surface area contributed by atoms with Crippen LogP contribution in [0.2, 0.25) is 0 Å². The number of nitrogens with one attached hydrogen (secondary N) is 2.